The van der Waals surface area contributed by atoms with Crippen LogP contribution in [0, 0.1) is 13.8 Å². The second kappa shape index (κ2) is 11.4. The topological polar surface area (TPSA) is 49.4 Å². The van der Waals surface area contributed by atoms with E-state index in [1.54, 1.807) is 4.90 Å². The number of unbranched alkanes of at least 4 members (excludes halogenated alkanes) is 1. The van der Waals surface area contributed by atoms with Gasteiger partial charge in [0.1, 0.15) is 6.04 Å². The molecule has 2 rings (SSSR count). The first-order chi connectivity index (χ1) is 13.9. The van der Waals surface area contributed by atoms with Gasteiger partial charge in [-0.05, 0) is 55.9 Å². The lowest BCUT2D eigenvalue weighted by atomic mass is 10.0. The van der Waals surface area contributed by atoms with E-state index in [9.17, 15) is 9.59 Å². The third-order valence-corrected chi connectivity index (χ3v) is 5.41. The first-order valence-electron chi connectivity index (χ1n) is 10.6. The smallest absolute Gasteiger partial charge is 0.242 e. The molecule has 1 unspecified atom stereocenters. The van der Waals surface area contributed by atoms with Crippen LogP contribution in [0.4, 0.5) is 0 Å². The molecule has 0 saturated carbocycles. The van der Waals surface area contributed by atoms with Crippen LogP contribution in [0.25, 0.3) is 0 Å². The average Bonchev–Trinajstić information content (AvgIpc) is 2.71. The lowest BCUT2D eigenvalue weighted by Gasteiger charge is -2.29. The Morgan fingerprint density at radius 3 is 2.38 bits per heavy atom. The first-order valence-corrected chi connectivity index (χ1v) is 10.6. The predicted octanol–water partition coefficient (Wildman–Crippen LogP) is 4.22. The molecule has 0 aliphatic carbocycles. The molecule has 29 heavy (non-hydrogen) atoms. The lowest BCUT2D eigenvalue weighted by molar-refractivity contribution is -0.139. The average molecular weight is 395 g/mol. The molecule has 2 aromatic carbocycles. The lowest BCUT2D eigenvalue weighted by Crippen LogP contribution is -2.49. The van der Waals surface area contributed by atoms with Gasteiger partial charge in [0.2, 0.25) is 11.8 Å². The number of hydrogen-bond acceptors (Lipinski definition) is 2. The molecule has 0 radical (unpaired) electrons. The summed E-state index contributed by atoms with van der Waals surface area (Å²) in [6.45, 7) is 9.21. The Morgan fingerprint density at radius 2 is 1.72 bits per heavy atom. The fraction of sp³-hybridized carbons (Fsp3) is 0.440. The van der Waals surface area contributed by atoms with E-state index < -0.39 is 6.04 Å². The molecule has 0 saturated heterocycles. The van der Waals surface area contributed by atoms with Crippen LogP contribution in [0.15, 0.2) is 48.5 Å². The van der Waals surface area contributed by atoms with Crippen LogP contribution in [0.3, 0.4) is 0 Å². The molecule has 0 fully saturated rings. The standard InChI is InChI=1S/C25H34N2O2/c1-5-6-15-26-25(29)21(4)27(16-14-22-10-8-7-9-11-22)24(28)18-23-13-12-19(2)20(3)17-23/h7-13,17,21H,5-6,14-16,18H2,1-4H3,(H,26,29). The molecule has 2 aromatic rings. The van der Waals surface area contributed by atoms with Crippen molar-refractivity contribution in [1.29, 1.82) is 0 Å². The maximum absolute atomic E-state index is 13.2. The molecular formula is C25H34N2O2. The van der Waals surface area contributed by atoms with Crippen LogP contribution >= 0.6 is 0 Å². The second-order valence-corrected chi connectivity index (χ2v) is 7.74. The highest BCUT2D eigenvalue weighted by Crippen LogP contribution is 2.13. The van der Waals surface area contributed by atoms with Gasteiger partial charge in [0.05, 0.1) is 6.42 Å². The molecule has 0 bridgehead atoms. The van der Waals surface area contributed by atoms with E-state index in [1.165, 1.54) is 11.1 Å². The molecule has 0 heterocycles. The van der Waals surface area contributed by atoms with Crippen LogP contribution in [0.2, 0.25) is 0 Å². The van der Waals surface area contributed by atoms with Crippen molar-refractivity contribution < 1.29 is 9.59 Å². The van der Waals surface area contributed by atoms with Gasteiger partial charge < -0.3 is 10.2 Å². The zero-order valence-electron chi connectivity index (χ0n) is 18.2. The van der Waals surface area contributed by atoms with Crippen LogP contribution in [0.5, 0.6) is 0 Å². The van der Waals surface area contributed by atoms with E-state index in [4.69, 9.17) is 0 Å². The minimum atomic E-state index is -0.491. The molecular weight excluding hydrogens is 360 g/mol. The Bertz CT molecular complexity index is 802. The molecule has 0 aliphatic heterocycles. The van der Waals surface area contributed by atoms with E-state index in [0.717, 1.165) is 30.4 Å². The van der Waals surface area contributed by atoms with Crippen LogP contribution in [-0.2, 0) is 22.4 Å². The van der Waals surface area contributed by atoms with Gasteiger partial charge >= 0.3 is 0 Å². The number of nitrogens with one attached hydrogen (secondary N) is 1. The number of rotatable bonds is 10. The Kier molecular flexibility index (Phi) is 8.91. The SMILES string of the molecule is CCCCNC(=O)C(C)N(CCc1ccccc1)C(=O)Cc1ccc(C)c(C)c1. The summed E-state index contributed by atoms with van der Waals surface area (Å²) in [5, 5.41) is 2.96. The van der Waals surface area contributed by atoms with Crippen molar-refractivity contribution >= 4 is 11.8 Å². The van der Waals surface area contributed by atoms with Gasteiger partial charge in [-0.25, -0.2) is 0 Å². The largest absolute Gasteiger partial charge is 0.354 e. The van der Waals surface area contributed by atoms with Crippen molar-refractivity contribution in [3.8, 4) is 0 Å². The summed E-state index contributed by atoms with van der Waals surface area (Å²) < 4.78 is 0. The number of nitrogens with zero attached hydrogens (tertiary/aromatic N) is 1. The molecule has 4 heteroatoms. The highest BCUT2D eigenvalue weighted by molar-refractivity contribution is 5.88. The summed E-state index contributed by atoms with van der Waals surface area (Å²) in [5.41, 5.74) is 4.54. The molecule has 0 aromatic heterocycles. The summed E-state index contributed by atoms with van der Waals surface area (Å²) in [7, 11) is 0. The van der Waals surface area contributed by atoms with Crippen molar-refractivity contribution in [2.45, 2.75) is 59.4 Å². The minimum absolute atomic E-state index is 0.0117. The van der Waals surface area contributed by atoms with E-state index in [0.29, 0.717) is 19.5 Å². The van der Waals surface area contributed by atoms with Crippen molar-refractivity contribution in [1.82, 2.24) is 10.2 Å². The molecule has 1 N–H and O–H groups in total. The normalized spacial score (nSPS) is 11.7. The fourth-order valence-corrected chi connectivity index (χ4v) is 3.30. The van der Waals surface area contributed by atoms with Crippen molar-refractivity contribution in [3.05, 3.63) is 70.8 Å². The maximum atomic E-state index is 13.2. The Morgan fingerprint density at radius 1 is 1.00 bits per heavy atom. The van der Waals surface area contributed by atoms with E-state index in [2.05, 4.69) is 44.3 Å². The van der Waals surface area contributed by atoms with Crippen molar-refractivity contribution in [2.75, 3.05) is 13.1 Å². The molecule has 0 aliphatic rings. The molecule has 4 nitrogen and oxygen atoms in total. The van der Waals surface area contributed by atoms with Crippen LogP contribution < -0.4 is 5.32 Å². The number of benzene rings is 2. The minimum Gasteiger partial charge on any atom is -0.354 e. The quantitative estimate of drug-likeness (QED) is 0.613. The van der Waals surface area contributed by atoms with Gasteiger partial charge in [-0.3, -0.25) is 9.59 Å². The zero-order valence-corrected chi connectivity index (χ0v) is 18.2. The van der Waals surface area contributed by atoms with Crippen molar-refractivity contribution in [3.63, 3.8) is 0 Å². The first kappa shape index (κ1) is 22.7. The van der Waals surface area contributed by atoms with Crippen LogP contribution in [0.1, 0.15) is 48.9 Å². The number of carbonyl (C=O) groups excluding carboxylic acids is 2. The molecule has 156 valence electrons. The van der Waals surface area contributed by atoms with Gasteiger partial charge in [0, 0.05) is 13.1 Å². The van der Waals surface area contributed by atoms with E-state index in [-0.39, 0.29) is 11.8 Å². The third kappa shape index (κ3) is 7.04. The van der Waals surface area contributed by atoms with Gasteiger partial charge in [0.15, 0.2) is 0 Å². The van der Waals surface area contributed by atoms with Gasteiger partial charge in [0.25, 0.3) is 0 Å². The zero-order chi connectivity index (χ0) is 21.2. The molecule has 0 spiro atoms. The van der Waals surface area contributed by atoms with E-state index in [1.807, 2.05) is 37.3 Å². The highest BCUT2D eigenvalue weighted by Gasteiger charge is 2.25. The summed E-state index contributed by atoms with van der Waals surface area (Å²) in [6.07, 6.45) is 3.01. The second-order valence-electron chi connectivity index (χ2n) is 7.74. The number of amides is 2. The summed E-state index contributed by atoms with van der Waals surface area (Å²) in [6, 6.07) is 15.7. The van der Waals surface area contributed by atoms with E-state index >= 15 is 0 Å². The summed E-state index contributed by atoms with van der Waals surface area (Å²) in [4.78, 5) is 27.5. The summed E-state index contributed by atoms with van der Waals surface area (Å²) >= 11 is 0. The number of aryl methyl sites for hydroxylation is 2. The fourth-order valence-electron chi connectivity index (χ4n) is 3.30. The van der Waals surface area contributed by atoms with Gasteiger partial charge in [-0.2, -0.15) is 0 Å². The molecule has 1 atom stereocenters. The predicted molar refractivity (Wildman–Crippen MR) is 119 cm³/mol. The Hall–Kier alpha value is -2.62. The Balaban J connectivity index is 2.11. The Labute approximate surface area is 175 Å². The summed E-state index contributed by atoms with van der Waals surface area (Å²) in [5.74, 6) is -0.0951. The van der Waals surface area contributed by atoms with Crippen molar-refractivity contribution in [2.24, 2.45) is 0 Å². The number of hydrogen-bond donors (Lipinski definition) is 1. The maximum Gasteiger partial charge on any atom is 0.242 e. The van der Waals surface area contributed by atoms with Crippen LogP contribution in [-0.4, -0.2) is 35.8 Å². The highest BCUT2D eigenvalue weighted by atomic mass is 16.2. The number of carbonyl (C=O) groups is 2. The molecule has 2 amide bonds. The monoisotopic (exact) mass is 394 g/mol. The van der Waals surface area contributed by atoms with Gasteiger partial charge in [-0.1, -0.05) is 61.9 Å². The third-order valence-electron chi connectivity index (χ3n) is 5.41. The van der Waals surface area contributed by atoms with Gasteiger partial charge in [-0.15, -0.1) is 0 Å².